The lowest BCUT2D eigenvalue weighted by Crippen LogP contribution is -2.22. The summed E-state index contributed by atoms with van der Waals surface area (Å²) < 4.78 is 33.9. The van der Waals surface area contributed by atoms with Crippen LogP contribution in [0.1, 0.15) is 17.0 Å². The van der Waals surface area contributed by atoms with Crippen molar-refractivity contribution in [2.45, 2.75) is 85.6 Å². The number of oxazole rings is 2. The van der Waals surface area contributed by atoms with Gasteiger partial charge >= 0.3 is 0 Å². The van der Waals surface area contributed by atoms with Gasteiger partial charge in [-0.3, -0.25) is 0 Å². The van der Waals surface area contributed by atoms with Crippen molar-refractivity contribution in [2.75, 3.05) is 13.2 Å². The van der Waals surface area contributed by atoms with Crippen LogP contribution in [0.2, 0.25) is 51.4 Å². The molecule has 0 saturated heterocycles. The van der Waals surface area contributed by atoms with E-state index >= 15 is 0 Å². The van der Waals surface area contributed by atoms with E-state index in [0.717, 1.165) is 74.3 Å². The largest absolute Gasteiger partial charge is 0.442 e. The van der Waals surface area contributed by atoms with E-state index in [4.69, 9.17) is 29.6 Å². The summed E-state index contributed by atoms with van der Waals surface area (Å²) in [5, 5.41) is 2.20. The highest BCUT2D eigenvalue weighted by molar-refractivity contribution is 9.10. The standard InChI is InChI=1S/C18H25N3O2Si.C17H22BrN3O2Si.BH3P/c1-13-10-21(12-22-8-9-24(3,4)5)18-15(13)6-7-16(20-18)17-14(2)19-11-23-17;1-12-16(23-10-19-12)15-6-5-13-14(18)9-21(17(13)20-15)11-22-7-8-24(2,3)4;1-2/h6-7,10-11H,8-9,12H2,1-5H3;5-6,9-10H,7-8,11H2,1-4H3;1H,2H2/i;;1D. The van der Waals surface area contributed by atoms with Crippen LogP contribution in [0.5, 0.6) is 0 Å². The van der Waals surface area contributed by atoms with Crippen LogP contribution < -0.4 is 0 Å². The van der Waals surface area contributed by atoms with Crippen LogP contribution in [0.4, 0.5) is 0 Å². The third-order valence-electron chi connectivity index (χ3n) is 8.01. The van der Waals surface area contributed by atoms with Crippen LogP contribution in [0, 0.1) is 20.8 Å². The number of hydrogen-bond donors (Lipinski definition) is 0. The van der Waals surface area contributed by atoms with E-state index in [1.165, 1.54) is 31.9 Å². The second-order valence-electron chi connectivity index (χ2n) is 14.6. The summed E-state index contributed by atoms with van der Waals surface area (Å²) in [5.41, 5.74) is 6.28. The third-order valence-corrected chi connectivity index (χ3v) is 12.0. The van der Waals surface area contributed by atoms with Crippen molar-refractivity contribution in [3.05, 3.63) is 70.9 Å². The molecular weight excluding hydrogens is 746 g/mol. The Balaban J connectivity index is 0.000000212. The molecule has 0 aliphatic heterocycles. The summed E-state index contributed by atoms with van der Waals surface area (Å²) in [6.45, 7) is 22.7. The van der Waals surface area contributed by atoms with E-state index in [0.29, 0.717) is 19.2 Å². The van der Waals surface area contributed by atoms with Crippen molar-refractivity contribution in [2.24, 2.45) is 0 Å². The van der Waals surface area contributed by atoms with Crippen molar-refractivity contribution in [3.63, 3.8) is 0 Å². The Morgan fingerprint density at radius 3 is 1.64 bits per heavy atom. The monoisotopic (exact) mass is 796 g/mol. The maximum atomic E-state index is 6.05. The van der Waals surface area contributed by atoms with Crippen molar-refractivity contribution < 1.29 is 18.3 Å². The zero-order valence-corrected chi connectivity index (χ0v) is 35.5. The second-order valence-corrected chi connectivity index (χ2v) is 26.7. The summed E-state index contributed by atoms with van der Waals surface area (Å²) >= 11 is 3.60. The molecule has 6 heterocycles. The first-order valence-corrected chi connectivity index (χ1v) is 25.5. The zero-order valence-electron chi connectivity index (χ0n) is 31.7. The first kappa shape index (κ1) is 38.4. The van der Waals surface area contributed by atoms with Gasteiger partial charge in [-0.1, -0.05) is 39.3 Å². The molecule has 6 aromatic heterocycles. The van der Waals surface area contributed by atoms with E-state index in [9.17, 15) is 0 Å². The van der Waals surface area contributed by atoms with E-state index in [2.05, 4.69) is 98.1 Å². The molecule has 0 fully saturated rings. The lowest BCUT2D eigenvalue weighted by molar-refractivity contribution is 0.0897. The molecule has 1 radical (unpaired) electrons. The molecule has 6 aromatic rings. The number of rotatable bonds is 12. The smallest absolute Gasteiger partial charge is 0.181 e. The van der Waals surface area contributed by atoms with Crippen molar-refractivity contribution in [3.8, 4) is 22.9 Å². The van der Waals surface area contributed by atoms with E-state index < -0.39 is 16.1 Å². The average Bonchev–Trinajstić information content (AvgIpc) is 3.83. The highest BCUT2D eigenvalue weighted by Crippen LogP contribution is 2.30. The molecule has 0 aromatic carbocycles. The number of ether oxygens (including phenoxy) is 2. The lowest BCUT2D eigenvalue weighted by Gasteiger charge is -2.15. The van der Waals surface area contributed by atoms with Crippen LogP contribution >= 0.6 is 25.0 Å². The van der Waals surface area contributed by atoms with Gasteiger partial charge in [-0.15, -0.1) is 0 Å². The molecule has 0 bridgehead atoms. The SMILES string of the molecule is Cc1ncoc1-c1ccc2c(Br)cn(COCC[Si](C)(C)C)c2n1.Cc1ncoc1-c1ccc2c(C)cn(COCC[Si](C)(C)C)c2n1.[2H][B]P. The highest BCUT2D eigenvalue weighted by atomic mass is 79.9. The molecule has 6 rings (SSSR count). The molecule has 1 atom stereocenters. The van der Waals surface area contributed by atoms with Gasteiger partial charge in [-0.25, -0.2) is 19.9 Å². The van der Waals surface area contributed by atoms with Gasteiger partial charge in [0.1, 0.15) is 43.7 Å². The van der Waals surface area contributed by atoms with Gasteiger partial charge in [-0.05, 0) is 80.0 Å². The van der Waals surface area contributed by atoms with Crippen molar-refractivity contribution >= 4 is 70.8 Å². The summed E-state index contributed by atoms with van der Waals surface area (Å²) in [5.74, 6) is 1.43. The van der Waals surface area contributed by atoms with Crippen LogP contribution in [-0.2, 0) is 22.9 Å². The predicted molar refractivity (Wildman–Crippen MR) is 217 cm³/mol. The molecule has 0 aliphatic rings. The maximum absolute atomic E-state index is 6.05. The minimum atomic E-state index is -1.07. The molecule has 50 heavy (non-hydrogen) atoms. The second kappa shape index (κ2) is 17.6. The highest BCUT2D eigenvalue weighted by Gasteiger charge is 2.17. The Labute approximate surface area is 310 Å². The Kier molecular flexibility index (Phi) is 13.5. The van der Waals surface area contributed by atoms with E-state index in [1.807, 2.05) is 42.8 Å². The molecular formula is C35H50BBrN6O4PSi2. The molecule has 15 heteroatoms. The fourth-order valence-corrected chi connectivity index (χ4v) is 7.16. The van der Waals surface area contributed by atoms with Crippen LogP contribution in [0.15, 0.2) is 62.8 Å². The number of halogens is 1. The van der Waals surface area contributed by atoms with Crippen LogP contribution in [0.3, 0.4) is 0 Å². The minimum absolute atomic E-state index is 0.498. The van der Waals surface area contributed by atoms with Gasteiger partial charge in [0.25, 0.3) is 0 Å². The van der Waals surface area contributed by atoms with Gasteiger partial charge < -0.3 is 27.4 Å². The summed E-state index contributed by atoms with van der Waals surface area (Å²) in [6, 6.07) is 10.4. The Hall–Kier alpha value is -2.87. The Morgan fingerprint density at radius 2 is 1.20 bits per heavy atom. The zero-order chi connectivity index (χ0) is 37.3. The minimum Gasteiger partial charge on any atom is -0.442 e. The van der Waals surface area contributed by atoms with Gasteiger partial charge in [0, 0.05) is 57.0 Å². The topological polar surface area (TPSA) is 106 Å². The number of nitrogens with zero attached hydrogens (tertiary/aromatic N) is 6. The molecule has 0 spiro atoms. The molecule has 0 saturated carbocycles. The van der Waals surface area contributed by atoms with Gasteiger partial charge in [0.2, 0.25) is 0 Å². The first-order chi connectivity index (χ1) is 24.1. The van der Waals surface area contributed by atoms with E-state index in [1.54, 1.807) is 0 Å². The van der Waals surface area contributed by atoms with Crippen LogP contribution in [-0.4, -0.2) is 67.3 Å². The third kappa shape index (κ3) is 10.6. The summed E-state index contributed by atoms with van der Waals surface area (Å²) in [7, 11) is 1.15. The average molecular weight is 798 g/mol. The molecule has 267 valence electrons. The van der Waals surface area contributed by atoms with Gasteiger partial charge in [0.05, 0.1) is 11.4 Å². The molecule has 0 amide bonds. The fourth-order valence-electron chi connectivity index (χ4n) is 5.09. The van der Waals surface area contributed by atoms with Gasteiger partial charge in [0.15, 0.2) is 24.3 Å². The van der Waals surface area contributed by atoms with E-state index in [-0.39, 0.29) is 0 Å². The number of hydrogen-bond acceptors (Lipinski definition) is 8. The fraction of sp³-hybridized carbons (Fsp3) is 0.429. The van der Waals surface area contributed by atoms with Crippen LogP contribution in [0.25, 0.3) is 45.0 Å². The van der Waals surface area contributed by atoms with Gasteiger partial charge in [-0.2, -0.15) is 9.12 Å². The number of fused-ring (bicyclic) bond motifs is 2. The summed E-state index contributed by atoms with van der Waals surface area (Å²) in [6.07, 6.45) is 7.03. The number of pyridine rings is 2. The number of aromatic nitrogens is 6. The normalized spacial score (nSPS) is 12.0. The molecule has 10 nitrogen and oxygen atoms in total. The molecule has 0 aliphatic carbocycles. The van der Waals surface area contributed by atoms with Crippen molar-refractivity contribution in [1.82, 2.24) is 29.1 Å². The first-order valence-electron chi connectivity index (χ1n) is 17.2. The van der Waals surface area contributed by atoms with Crippen molar-refractivity contribution in [1.29, 1.82) is 1.34 Å². The summed E-state index contributed by atoms with van der Waals surface area (Å²) in [4.78, 5) is 17.8. The quantitative estimate of drug-likeness (QED) is 0.0686. The molecule has 0 N–H and O–H groups in total. The number of aryl methyl sites for hydroxylation is 3. The lowest BCUT2D eigenvalue weighted by atomic mass is 10.2. The molecule has 1 unspecified atom stereocenters. The Morgan fingerprint density at radius 1 is 0.760 bits per heavy atom. The maximum Gasteiger partial charge on any atom is 0.181 e. The Bertz CT molecular complexity index is 1880. The predicted octanol–water partition coefficient (Wildman–Crippen LogP) is 9.37.